The highest BCUT2D eigenvalue weighted by Crippen LogP contribution is 2.44. The van der Waals surface area contributed by atoms with Crippen molar-refractivity contribution in [1.29, 1.82) is 0 Å². The summed E-state index contributed by atoms with van der Waals surface area (Å²) in [5, 5.41) is 0. The number of ether oxygens (including phenoxy) is 6. The molecule has 4 aromatic rings. The summed E-state index contributed by atoms with van der Waals surface area (Å²) in [5.74, 6) is -1.59. The van der Waals surface area contributed by atoms with Crippen molar-refractivity contribution in [2.24, 2.45) is 0 Å². The van der Waals surface area contributed by atoms with Crippen LogP contribution in [0.15, 0.2) is 135 Å². The van der Waals surface area contributed by atoms with Crippen molar-refractivity contribution in [3.05, 3.63) is 135 Å². The van der Waals surface area contributed by atoms with Gasteiger partial charge in [-0.15, -0.1) is 0 Å². The number of hydrogen-bond acceptors (Lipinski definition) is 9. The fourth-order valence-corrected chi connectivity index (χ4v) is 4.23. The van der Waals surface area contributed by atoms with Crippen LogP contribution < -0.4 is 28.4 Å². The molecule has 0 saturated carbocycles. The van der Waals surface area contributed by atoms with E-state index in [9.17, 15) is 14.2 Å². The van der Waals surface area contributed by atoms with Crippen molar-refractivity contribution >= 4 is 20.4 Å². The zero-order valence-corrected chi connectivity index (χ0v) is 24.0. The molecule has 0 saturated heterocycles. The van der Waals surface area contributed by atoms with Crippen molar-refractivity contribution < 1.29 is 42.6 Å². The number of carbonyl (C=O) groups is 2. The summed E-state index contributed by atoms with van der Waals surface area (Å²) >= 11 is 0. The van der Waals surface area contributed by atoms with E-state index >= 15 is 0 Å². The quantitative estimate of drug-likeness (QED) is 0.0492. The zero-order chi connectivity index (χ0) is 30.7. The third kappa shape index (κ3) is 7.87. The number of benzene rings is 4. The van der Waals surface area contributed by atoms with Gasteiger partial charge in [-0.2, -0.15) is 0 Å². The molecule has 0 amide bonds. The van der Waals surface area contributed by atoms with Crippen LogP contribution in [0.2, 0.25) is 0 Å². The summed E-state index contributed by atoms with van der Waals surface area (Å²) in [5.41, 5.74) is -2.17. The highest BCUT2D eigenvalue weighted by atomic mass is 31.1. The van der Waals surface area contributed by atoms with E-state index in [0.717, 1.165) is 12.2 Å². The molecule has 0 aliphatic carbocycles. The summed E-state index contributed by atoms with van der Waals surface area (Å²) in [4.78, 5) is 23.2. The number of esters is 2. The molecule has 43 heavy (non-hydrogen) atoms. The molecular weight excluding hydrogens is 571 g/mol. The first-order valence-corrected chi connectivity index (χ1v) is 13.7. The lowest BCUT2D eigenvalue weighted by molar-refractivity contribution is -0.250. The smallest absolute Gasteiger partial charge is 0.412 e. The van der Waals surface area contributed by atoms with E-state index in [2.05, 4.69) is 13.2 Å². The third-order valence-electron chi connectivity index (χ3n) is 5.74. The van der Waals surface area contributed by atoms with Gasteiger partial charge in [0.25, 0.3) is 8.46 Å². The SMILES string of the molecule is C=CC(=O)Oc1ccc(OC(C)(Oc2ccccc2)C(Oc2ccccc2)(Oc2ccc(OC(=O)C=C)cc2)P=O)cc1. The Morgan fingerprint density at radius 3 is 1.26 bits per heavy atom. The fourth-order valence-electron chi connectivity index (χ4n) is 3.69. The highest BCUT2D eigenvalue weighted by Gasteiger charge is 2.61. The van der Waals surface area contributed by atoms with E-state index in [1.807, 2.05) is 6.07 Å². The minimum Gasteiger partial charge on any atom is -0.445 e. The van der Waals surface area contributed by atoms with E-state index in [0.29, 0.717) is 11.5 Å². The molecule has 0 aliphatic heterocycles. The predicted octanol–water partition coefficient (Wildman–Crippen LogP) is 7.15. The molecule has 10 heteroatoms. The van der Waals surface area contributed by atoms with Gasteiger partial charge < -0.3 is 28.4 Å². The Kier molecular flexibility index (Phi) is 9.93. The molecule has 0 heterocycles. The molecular formula is C33H27O9P. The van der Waals surface area contributed by atoms with Crippen molar-refractivity contribution in [3.63, 3.8) is 0 Å². The van der Waals surface area contributed by atoms with Crippen molar-refractivity contribution in [2.75, 3.05) is 0 Å². The molecule has 0 aliphatic rings. The number of hydrogen-bond donors (Lipinski definition) is 0. The lowest BCUT2D eigenvalue weighted by Gasteiger charge is -2.42. The van der Waals surface area contributed by atoms with E-state index in [-0.39, 0.29) is 23.0 Å². The Morgan fingerprint density at radius 2 is 0.884 bits per heavy atom. The Balaban J connectivity index is 1.78. The van der Waals surface area contributed by atoms with Crippen molar-refractivity contribution in [2.45, 2.75) is 18.2 Å². The van der Waals surface area contributed by atoms with Gasteiger partial charge in [-0.1, -0.05) is 49.6 Å². The predicted molar refractivity (Wildman–Crippen MR) is 159 cm³/mol. The molecule has 0 aromatic heterocycles. The van der Waals surface area contributed by atoms with Gasteiger partial charge in [-0.3, -0.25) is 4.57 Å². The molecule has 0 bridgehead atoms. The summed E-state index contributed by atoms with van der Waals surface area (Å²) in [6, 6.07) is 29.4. The zero-order valence-electron chi connectivity index (χ0n) is 23.1. The minimum atomic E-state index is -2.17. The van der Waals surface area contributed by atoms with Gasteiger partial charge >= 0.3 is 23.3 Å². The molecule has 2 unspecified atom stereocenters. The van der Waals surface area contributed by atoms with E-state index in [1.165, 1.54) is 55.5 Å². The Bertz CT molecular complexity index is 1560. The van der Waals surface area contributed by atoms with Gasteiger partial charge in [0.05, 0.1) is 0 Å². The van der Waals surface area contributed by atoms with Crippen LogP contribution in [0.25, 0.3) is 0 Å². The summed E-state index contributed by atoms with van der Waals surface area (Å²) in [6.07, 6.45) is 2.09. The molecule has 0 fully saturated rings. The van der Waals surface area contributed by atoms with Crippen molar-refractivity contribution in [3.8, 4) is 34.5 Å². The summed E-state index contributed by atoms with van der Waals surface area (Å²) < 4.78 is 48.9. The van der Waals surface area contributed by atoms with Gasteiger partial charge in [0, 0.05) is 19.1 Å². The van der Waals surface area contributed by atoms with Gasteiger partial charge in [-0.25, -0.2) is 9.59 Å². The molecule has 218 valence electrons. The van der Waals surface area contributed by atoms with E-state index in [1.54, 1.807) is 54.6 Å². The molecule has 2 atom stereocenters. The maximum absolute atomic E-state index is 13.3. The Hall–Kier alpha value is -5.40. The molecule has 0 spiro atoms. The fraction of sp³-hybridized carbons (Fsp3) is 0.0909. The maximum atomic E-state index is 13.3. The van der Waals surface area contributed by atoms with E-state index in [4.69, 9.17) is 28.4 Å². The summed E-state index contributed by atoms with van der Waals surface area (Å²) in [6.45, 7) is 8.29. The second kappa shape index (κ2) is 14.0. The van der Waals surface area contributed by atoms with Gasteiger partial charge in [0.1, 0.15) is 34.5 Å². The van der Waals surface area contributed by atoms with Gasteiger partial charge in [0.2, 0.25) is 0 Å². The van der Waals surface area contributed by atoms with Crippen LogP contribution in [0.3, 0.4) is 0 Å². The maximum Gasteiger partial charge on any atom is 0.412 e. The van der Waals surface area contributed by atoms with Crippen LogP contribution in [0, 0.1) is 0 Å². The minimum absolute atomic E-state index is 0.191. The Morgan fingerprint density at radius 1 is 0.558 bits per heavy atom. The lowest BCUT2D eigenvalue weighted by Crippen LogP contribution is -2.63. The third-order valence-corrected chi connectivity index (χ3v) is 6.56. The second-order valence-electron chi connectivity index (χ2n) is 8.85. The molecule has 9 nitrogen and oxygen atoms in total. The van der Waals surface area contributed by atoms with Gasteiger partial charge in [-0.05, 0) is 72.8 Å². The number of rotatable bonds is 14. The first kappa shape index (κ1) is 30.6. The lowest BCUT2D eigenvalue weighted by atomic mass is 10.2. The van der Waals surface area contributed by atoms with Gasteiger partial charge in [0.15, 0.2) is 0 Å². The largest absolute Gasteiger partial charge is 0.445 e. The standard InChI is InChI=1S/C33H27O9P/c1-4-30(34)37-24-16-20-28(21-17-24)40-32(3,39-26-12-8-6-9-13-26)33(43-36,41-27-14-10-7-11-15-27)42-29-22-18-25(19-23-29)38-31(35)5-2/h4-23H,1-2H2,3H3. The van der Waals surface area contributed by atoms with Crippen LogP contribution in [0.4, 0.5) is 0 Å². The van der Waals surface area contributed by atoms with E-state index < -0.39 is 31.7 Å². The summed E-state index contributed by atoms with van der Waals surface area (Å²) in [7, 11) is -0.674. The number of para-hydroxylation sites is 2. The molecule has 4 aromatic carbocycles. The highest BCUT2D eigenvalue weighted by molar-refractivity contribution is 7.25. The first-order chi connectivity index (χ1) is 20.8. The average molecular weight is 599 g/mol. The van der Waals surface area contributed by atoms with Crippen LogP contribution in [0.1, 0.15) is 6.92 Å². The van der Waals surface area contributed by atoms with Crippen LogP contribution in [0.5, 0.6) is 34.5 Å². The molecule has 0 N–H and O–H groups in total. The van der Waals surface area contributed by atoms with Crippen LogP contribution >= 0.6 is 8.46 Å². The average Bonchev–Trinajstić information content (AvgIpc) is 3.03. The normalized spacial score (nSPS) is 13.3. The van der Waals surface area contributed by atoms with Crippen molar-refractivity contribution in [1.82, 2.24) is 0 Å². The molecule has 4 rings (SSSR count). The monoisotopic (exact) mass is 598 g/mol. The van der Waals surface area contributed by atoms with Crippen LogP contribution in [-0.4, -0.2) is 23.3 Å². The topological polar surface area (TPSA) is 107 Å². The Labute approximate surface area is 250 Å². The second-order valence-corrected chi connectivity index (χ2v) is 9.62. The molecule has 0 radical (unpaired) electrons. The number of carbonyl (C=O) groups excluding carboxylic acids is 2. The van der Waals surface area contributed by atoms with Crippen LogP contribution in [-0.2, 0) is 14.2 Å². The first-order valence-electron chi connectivity index (χ1n) is 12.9.